The predicted octanol–water partition coefficient (Wildman–Crippen LogP) is 10.1. The molecule has 0 amide bonds. The van der Waals surface area contributed by atoms with Gasteiger partial charge in [-0.1, -0.05) is 141 Å². The highest BCUT2D eigenvalue weighted by Crippen LogP contribution is 2.42. The van der Waals surface area contributed by atoms with E-state index in [0.717, 1.165) is 34.4 Å². The Kier molecular flexibility index (Phi) is 6.87. The van der Waals surface area contributed by atoms with Crippen LogP contribution in [-0.4, -0.2) is 0 Å². The molecule has 0 aromatic heterocycles. The normalized spacial score (nSPS) is 13.4. The Morgan fingerprint density at radius 2 is 1.10 bits per heavy atom. The lowest BCUT2D eigenvalue weighted by Crippen LogP contribution is -2.08. The lowest BCUT2D eigenvalue weighted by molar-refractivity contribution is 1.18. The van der Waals surface area contributed by atoms with E-state index in [-0.39, 0.29) is 0 Å². The van der Waals surface area contributed by atoms with E-state index in [1.807, 2.05) is 24.3 Å². The molecule has 0 aliphatic heterocycles. The maximum atomic E-state index is 6.88. The molecule has 0 saturated heterocycles. The van der Waals surface area contributed by atoms with Gasteiger partial charge in [0.2, 0.25) is 0 Å². The third-order valence-corrected chi connectivity index (χ3v) is 7.68. The SMILES string of the molecule is C=C/C=C1\Cc2cc(-c3ccc(-c4ccccc4)cc3)c(C=C)c(N)c2C=C1c1ccc(-c2ccccc2)cc1. The number of allylic oxidation sites excluding steroid dienone is 4. The van der Waals surface area contributed by atoms with Crippen molar-refractivity contribution in [1.29, 1.82) is 0 Å². The van der Waals surface area contributed by atoms with Gasteiger partial charge < -0.3 is 5.73 Å². The molecule has 5 aromatic carbocycles. The summed E-state index contributed by atoms with van der Waals surface area (Å²) in [7, 11) is 0. The van der Waals surface area contributed by atoms with Gasteiger partial charge in [0.05, 0.1) is 0 Å². The zero-order valence-electron chi connectivity index (χ0n) is 22.5. The predicted molar refractivity (Wildman–Crippen MR) is 174 cm³/mol. The lowest BCUT2D eigenvalue weighted by atomic mass is 9.80. The molecule has 6 rings (SSSR count). The number of nitrogens with two attached hydrogens (primary N) is 1. The molecule has 0 unspecified atom stereocenters. The monoisotopic (exact) mass is 513 g/mol. The number of rotatable bonds is 6. The smallest absolute Gasteiger partial charge is 0.0470 e. The van der Waals surface area contributed by atoms with Crippen LogP contribution in [-0.2, 0) is 6.42 Å². The molecule has 0 radical (unpaired) electrons. The van der Waals surface area contributed by atoms with E-state index in [0.29, 0.717) is 0 Å². The number of benzene rings is 5. The summed E-state index contributed by atoms with van der Waals surface area (Å²) in [5.41, 5.74) is 21.5. The van der Waals surface area contributed by atoms with Crippen molar-refractivity contribution in [2.75, 3.05) is 5.73 Å². The first-order valence-corrected chi connectivity index (χ1v) is 13.6. The van der Waals surface area contributed by atoms with E-state index in [2.05, 4.69) is 128 Å². The van der Waals surface area contributed by atoms with E-state index < -0.39 is 0 Å². The van der Waals surface area contributed by atoms with Crippen LogP contribution >= 0.6 is 0 Å². The Bertz CT molecular complexity index is 1750. The molecule has 1 aliphatic carbocycles. The van der Waals surface area contributed by atoms with Gasteiger partial charge in [-0.3, -0.25) is 0 Å². The van der Waals surface area contributed by atoms with Crippen LogP contribution in [0.25, 0.3) is 51.1 Å². The average Bonchev–Trinajstić information content (AvgIpc) is 3.02. The number of anilines is 1. The summed E-state index contributed by atoms with van der Waals surface area (Å²) < 4.78 is 0. The van der Waals surface area contributed by atoms with Gasteiger partial charge in [0.1, 0.15) is 0 Å². The second-order valence-corrected chi connectivity index (χ2v) is 10.1. The fourth-order valence-corrected chi connectivity index (χ4v) is 5.61. The summed E-state index contributed by atoms with van der Waals surface area (Å²) in [6, 6.07) is 40.6. The Morgan fingerprint density at radius 1 is 0.600 bits per heavy atom. The van der Waals surface area contributed by atoms with Gasteiger partial charge >= 0.3 is 0 Å². The van der Waals surface area contributed by atoms with Crippen LogP contribution in [0, 0.1) is 0 Å². The Balaban J connectivity index is 1.41. The second kappa shape index (κ2) is 10.9. The first-order valence-electron chi connectivity index (χ1n) is 13.6. The molecule has 1 aliphatic rings. The Labute approximate surface area is 237 Å². The van der Waals surface area contributed by atoms with Gasteiger partial charge in [-0.2, -0.15) is 0 Å². The van der Waals surface area contributed by atoms with E-state index in [4.69, 9.17) is 5.73 Å². The van der Waals surface area contributed by atoms with E-state index in [1.165, 1.54) is 44.5 Å². The van der Waals surface area contributed by atoms with Crippen molar-refractivity contribution in [3.05, 3.63) is 168 Å². The summed E-state index contributed by atoms with van der Waals surface area (Å²) in [5.74, 6) is 0. The van der Waals surface area contributed by atoms with Crippen molar-refractivity contribution in [2.24, 2.45) is 0 Å². The first-order chi connectivity index (χ1) is 19.7. The number of nitrogen functional groups attached to an aromatic ring is 1. The van der Waals surface area contributed by atoms with Gasteiger partial charge in [0, 0.05) is 16.8 Å². The van der Waals surface area contributed by atoms with Crippen molar-refractivity contribution in [1.82, 2.24) is 0 Å². The molecule has 0 heterocycles. The number of hydrogen-bond acceptors (Lipinski definition) is 1. The fraction of sp³-hybridized carbons (Fsp3) is 0.0256. The molecule has 5 aromatic rings. The third-order valence-electron chi connectivity index (χ3n) is 7.68. The van der Waals surface area contributed by atoms with Crippen LogP contribution < -0.4 is 5.73 Å². The highest BCUT2D eigenvalue weighted by molar-refractivity contribution is 6.00. The molecule has 0 saturated carbocycles. The van der Waals surface area contributed by atoms with Crippen LogP contribution in [0.2, 0.25) is 0 Å². The van der Waals surface area contributed by atoms with Crippen LogP contribution in [0.15, 0.2) is 146 Å². The van der Waals surface area contributed by atoms with Crippen LogP contribution in [0.1, 0.15) is 22.3 Å². The largest absolute Gasteiger partial charge is 0.398 e. The summed E-state index contributed by atoms with van der Waals surface area (Å²) in [4.78, 5) is 0. The quantitative estimate of drug-likeness (QED) is 0.225. The summed E-state index contributed by atoms with van der Waals surface area (Å²) in [6.07, 6.45) is 8.89. The number of fused-ring (bicyclic) bond motifs is 1. The van der Waals surface area contributed by atoms with Crippen molar-refractivity contribution < 1.29 is 0 Å². The van der Waals surface area contributed by atoms with Gasteiger partial charge in [-0.05, 0) is 74.2 Å². The van der Waals surface area contributed by atoms with Gasteiger partial charge in [0.15, 0.2) is 0 Å². The minimum atomic E-state index is 0.769. The Morgan fingerprint density at radius 3 is 1.62 bits per heavy atom. The zero-order valence-corrected chi connectivity index (χ0v) is 22.5. The van der Waals surface area contributed by atoms with Crippen LogP contribution in [0.5, 0.6) is 0 Å². The van der Waals surface area contributed by atoms with E-state index in [1.54, 1.807) is 0 Å². The topological polar surface area (TPSA) is 26.0 Å². The average molecular weight is 514 g/mol. The molecule has 2 N–H and O–H groups in total. The molecule has 1 heteroatoms. The molecule has 1 nitrogen and oxygen atoms in total. The molecule has 0 spiro atoms. The maximum absolute atomic E-state index is 6.88. The second-order valence-electron chi connectivity index (χ2n) is 10.1. The summed E-state index contributed by atoms with van der Waals surface area (Å²) in [6.45, 7) is 8.12. The molecular weight excluding hydrogens is 482 g/mol. The van der Waals surface area contributed by atoms with E-state index >= 15 is 0 Å². The molecule has 192 valence electrons. The Hall–Kier alpha value is -5.14. The van der Waals surface area contributed by atoms with E-state index in [9.17, 15) is 0 Å². The van der Waals surface area contributed by atoms with Crippen molar-refractivity contribution in [3.8, 4) is 33.4 Å². The van der Waals surface area contributed by atoms with Crippen molar-refractivity contribution in [2.45, 2.75) is 6.42 Å². The van der Waals surface area contributed by atoms with Crippen LogP contribution in [0.4, 0.5) is 5.69 Å². The van der Waals surface area contributed by atoms with Gasteiger partial charge in [0.25, 0.3) is 0 Å². The molecule has 0 atom stereocenters. The fourth-order valence-electron chi connectivity index (χ4n) is 5.61. The van der Waals surface area contributed by atoms with Crippen molar-refractivity contribution >= 4 is 23.4 Å². The van der Waals surface area contributed by atoms with Gasteiger partial charge in [-0.15, -0.1) is 0 Å². The van der Waals surface area contributed by atoms with Crippen LogP contribution in [0.3, 0.4) is 0 Å². The lowest BCUT2D eigenvalue weighted by Gasteiger charge is -2.24. The number of hydrogen-bond donors (Lipinski definition) is 1. The zero-order chi connectivity index (χ0) is 27.5. The maximum Gasteiger partial charge on any atom is 0.0470 e. The summed E-state index contributed by atoms with van der Waals surface area (Å²) >= 11 is 0. The molecule has 40 heavy (non-hydrogen) atoms. The minimum Gasteiger partial charge on any atom is -0.398 e. The minimum absolute atomic E-state index is 0.769. The third kappa shape index (κ3) is 4.74. The molecule has 0 bridgehead atoms. The molecular formula is C39H31N. The van der Waals surface area contributed by atoms with Crippen molar-refractivity contribution in [3.63, 3.8) is 0 Å². The highest BCUT2D eigenvalue weighted by atomic mass is 14.6. The van der Waals surface area contributed by atoms with Gasteiger partial charge in [-0.25, -0.2) is 0 Å². The highest BCUT2D eigenvalue weighted by Gasteiger charge is 2.22. The molecule has 0 fully saturated rings. The summed E-state index contributed by atoms with van der Waals surface area (Å²) in [5, 5.41) is 0. The standard InChI is InChI=1S/C39H31N/c1-3-11-33-24-34-25-37(32-22-18-30(19-23-32)28-14-9-6-10-15-28)35(4-2)39(40)38(34)26-36(33)31-20-16-29(17-21-31)27-12-7-5-8-13-27/h3-23,25-26H,1-2,24,40H2/b33-11+. The first kappa shape index (κ1) is 25.2.